The summed E-state index contributed by atoms with van der Waals surface area (Å²) < 4.78 is 10.7. The number of carbonyl (C=O) groups excluding carboxylic acids is 2. The molecule has 2 aromatic carbocycles. The van der Waals surface area contributed by atoms with Crippen molar-refractivity contribution in [3.05, 3.63) is 58.0 Å². The van der Waals surface area contributed by atoms with E-state index in [0.29, 0.717) is 33.2 Å². The number of methoxy groups -OCH3 is 2. The van der Waals surface area contributed by atoms with E-state index in [1.807, 2.05) is 45.9 Å². The predicted octanol–water partition coefficient (Wildman–Crippen LogP) is 4.75. The van der Waals surface area contributed by atoms with Crippen LogP contribution >= 0.6 is 11.8 Å². The van der Waals surface area contributed by atoms with Gasteiger partial charge < -0.3 is 9.47 Å². The van der Waals surface area contributed by atoms with Gasteiger partial charge in [-0.3, -0.25) is 9.59 Å². The zero-order valence-corrected chi connectivity index (χ0v) is 18.3. The summed E-state index contributed by atoms with van der Waals surface area (Å²) in [5.41, 5.74) is 3.60. The summed E-state index contributed by atoms with van der Waals surface area (Å²) >= 11 is 1.40. The first-order valence-electron chi connectivity index (χ1n) is 9.38. The Morgan fingerprint density at radius 2 is 1.62 bits per heavy atom. The van der Waals surface area contributed by atoms with Gasteiger partial charge in [-0.25, -0.2) is 4.90 Å². The first-order valence-corrected chi connectivity index (χ1v) is 10.3. The number of hydrogen-bond donors (Lipinski definition) is 0. The van der Waals surface area contributed by atoms with Gasteiger partial charge in [0.15, 0.2) is 11.5 Å². The number of anilines is 1. The van der Waals surface area contributed by atoms with Crippen molar-refractivity contribution < 1.29 is 19.1 Å². The summed E-state index contributed by atoms with van der Waals surface area (Å²) in [5.74, 6) is 0.473. The predicted molar refractivity (Wildman–Crippen MR) is 118 cm³/mol. The van der Waals surface area contributed by atoms with Crippen LogP contribution in [0.5, 0.6) is 11.5 Å². The summed E-state index contributed by atoms with van der Waals surface area (Å²) in [5, 5.41) is 0.149. The zero-order chi connectivity index (χ0) is 21.3. The third-order valence-electron chi connectivity index (χ3n) is 4.88. The van der Waals surface area contributed by atoms with Gasteiger partial charge in [0.1, 0.15) is 0 Å². The van der Waals surface area contributed by atoms with E-state index < -0.39 is 0 Å². The Labute approximate surface area is 175 Å². The van der Waals surface area contributed by atoms with Crippen molar-refractivity contribution in [2.24, 2.45) is 0 Å². The molecular weight excluding hydrogens is 386 g/mol. The Bertz CT molecular complexity index is 1010. The van der Waals surface area contributed by atoms with Crippen molar-refractivity contribution in [1.29, 1.82) is 0 Å². The highest BCUT2D eigenvalue weighted by molar-refractivity contribution is 8.04. The Kier molecular flexibility index (Phi) is 6.03. The molecule has 0 aromatic heterocycles. The highest BCUT2D eigenvalue weighted by atomic mass is 32.2. The first kappa shape index (κ1) is 21.0. The normalized spacial score (nSPS) is 14.2. The number of aryl methyl sites for hydroxylation is 1. The molecule has 0 atom stereocenters. The summed E-state index contributed by atoms with van der Waals surface area (Å²) in [6.45, 7) is 7.90. The van der Waals surface area contributed by atoms with Crippen LogP contribution < -0.4 is 14.4 Å². The molecule has 2 aromatic rings. The third-order valence-corrected chi connectivity index (χ3v) is 5.97. The second-order valence-corrected chi connectivity index (χ2v) is 8.69. The van der Waals surface area contributed by atoms with Crippen LogP contribution in [0.1, 0.15) is 30.5 Å². The molecule has 1 aliphatic heterocycles. The number of amides is 2. The molecule has 3 rings (SSSR count). The van der Waals surface area contributed by atoms with Gasteiger partial charge in [-0.15, -0.1) is 11.8 Å². The van der Waals surface area contributed by atoms with E-state index in [4.69, 9.17) is 9.47 Å². The third kappa shape index (κ3) is 3.77. The maximum absolute atomic E-state index is 13.5. The van der Waals surface area contributed by atoms with Gasteiger partial charge >= 0.3 is 0 Å². The molecule has 152 valence electrons. The van der Waals surface area contributed by atoms with E-state index in [1.54, 1.807) is 32.4 Å². The minimum absolute atomic E-state index is 0.149. The smallest absolute Gasteiger partial charge is 0.272 e. The molecule has 0 bridgehead atoms. The minimum Gasteiger partial charge on any atom is -0.493 e. The maximum atomic E-state index is 13.5. The lowest BCUT2D eigenvalue weighted by molar-refractivity contribution is -0.119. The molecule has 1 heterocycles. The molecule has 0 unspecified atom stereocenters. The van der Waals surface area contributed by atoms with Gasteiger partial charge in [-0.05, 0) is 48.7 Å². The van der Waals surface area contributed by atoms with E-state index >= 15 is 0 Å². The van der Waals surface area contributed by atoms with Crippen molar-refractivity contribution >= 4 is 34.8 Å². The van der Waals surface area contributed by atoms with E-state index in [2.05, 4.69) is 0 Å². The Morgan fingerprint density at radius 3 is 2.24 bits per heavy atom. The van der Waals surface area contributed by atoms with Crippen LogP contribution in [0, 0.1) is 13.8 Å². The van der Waals surface area contributed by atoms with Gasteiger partial charge in [0.05, 0.1) is 30.4 Å². The van der Waals surface area contributed by atoms with Crippen LogP contribution in [-0.4, -0.2) is 31.3 Å². The number of ether oxygens (including phenoxy) is 2. The Balaban J connectivity index is 2.17. The Morgan fingerprint density at radius 1 is 0.931 bits per heavy atom. The average Bonchev–Trinajstić information content (AvgIpc) is 2.93. The van der Waals surface area contributed by atoms with Crippen molar-refractivity contribution in [3.63, 3.8) is 0 Å². The fourth-order valence-corrected chi connectivity index (χ4v) is 4.28. The van der Waals surface area contributed by atoms with Crippen molar-refractivity contribution in [1.82, 2.24) is 0 Å². The van der Waals surface area contributed by atoms with Crippen molar-refractivity contribution in [3.8, 4) is 11.5 Å². The van der Waals surface area contributed by atoms with Gasteiger partial charge in [-0.1, -0.05) is 32.0 Å². The fourth-order valence-electron chi connectivity index (χ4n) is 3.30. The topological polar surface area (TPSA) is 55.8 Å². The van der Waals surface area contributed by atoms with Crippen LogP contribution in [0.25, 0.3) is 5.57 Å². The summed E-state index contributed by atoms with van der Waals surface area (Å²) in [6, 6.07) is 10.9. The van der Waals surface area contributed by atoms with Crippen molar-refractivity contribution in [2.75, 3.05) is 19.1 Å². The molecule has 0 fully saturated rings. The molecule has 0 saturated carbocycles. The van der Waals surface area contributed by atoms with Gasteiger partial charge in [0, 0.05) is 5.25 Å². The quantitative estimate of drug-likeness (QED) is 0.642. The molecule has 6 heteroatoms. The number of carbonyl (C=O) groups is 2. The highest BCUT2D eigenvalue weighted by Crippen LogP contribution is 2.42. The number of imide groups is 1. The van der Waals surface area contributed by atoms with Crippen LogP contribution in [-0.2, 0) is 9.59 Å². The molecule has 5 nitrogen and oxygen atoms in total. The lowest BCUT2D eigenvalue weighted by atomic mass is 10.0. The molecule has 0 aliphatic carbocycles. The second-order valence-electron chi connectivity index (χ2n) is 7.11. The van der Waals surface area contributed by atoms with E-state index in [1.165, 1.54) is 16.7 Å². The molecule has 2 amide bonds. The monoisotopic (exact) mass is 411 g/mol. The molecule has 1 aliphatic rings. The second kappa shape index (κ2) is 8.33. The van der Waals surface area contributed by atoms with Gasteiger partial charge in [-0.2, -0.15) is 0 Å². The van der Waals surface area contributed by atoms with Crippen LogP contribution in [0.15, 0.2) is 41.3 Å². The van der Waals surface area contributed by atoms with Crippen LogP contribution in [0.2, 0.25) is 0 Å². The minimum atomic E-state index is -0.320. The maximum Gasteiger partial charge on any atom is 0.272 e. The van der Waals surface area contributed by atoms with Crippen LogP contribution in [0.3, 0.4) is 0 Å². The van der Waals surface area contributed by atoms with Crippen molar-refractivity contribution in [2.45, 2.75) is 32.9 Å². The molecule has 0 N–H and O–H groups in total. The number of hydrogen-bond acceptors (Lipinski definition) is 5. The SMILES string of the molecule is COc1ccc(C2=C(SC(C)C)C(=O)N(c3cccc(C)c3C)C2=O)cc1OC. The standard InChI is InChI=1S/C23H25NO4S/c1-13(2)29-21-20(16-10-11-18(27-5)19(12-16)28-6)22(25)24(23(21)26)17-9-7-8-14(3)15(17)4/h7-13H,1-6H3. The zero-order valence-electron chi connectivity index (χ0n) is 17.5. The summed E-state index contributed by atoms with van der Waals surface area (Å²) in [4.78, 5) is 28.6. The van der Waals surface area contributed by atoms with E-state index in [9.17, 15) is 9.59 Å². The first-order chi connectivity index (χ1) is 13.8. The Hall–Kier alpha value is -2.73. The lowest BCUT2D eigenvalue weighted by Crippen LogP contribution is -2.32. The molecular formula is C23H25NO4S. The lowest BCUT2D eigenvalue weighted by Gasteiger charge is -2.19. The number of rotatable bonds is 6. The van der Waals surface area contributed by atoms with Crippen LogP contribution in [0.4, 0.5) is 5.69 Å². The van der Waals surface area contributed by atoms with Gasteiger partial charge in [0.25, 0.3) is 11.8 Å². The van der Waals surface area contributed by atoms with Gasteiger partial charge in [0.2, 0.25) is 0 Å². The van der Waals surface area contributed by atoms with E-state index in [-0.39, 0.29) is 17.1 Å². The number of thioether (sulfide) groups is 1. The summed E-state index contributed by atoms with van der Waals surface area (Å²) in [7, 11) is 3.10. The largest absolute Gasteiger partial charge is 0.493 e. The molecule has 0 saturated heterocycles. The average molecular weight is 412 g/mol. The molecule has 0 spiro atoms. The highest BCUT2D eigenvalue weighted by Gasteiger charge is 2.41. The summed E-state index contributed by atoms with van der Waals surface area (Å²) in [6.07, 6.45) is 0. The number of benzene rings is 2. The molecule has 29 heavy (non-hydrogen) atoms. The number of nitrogens with zero attached hydrogens (tertiary/aromatic N) is 1. The fraction of sp³-hybridized carbons (Fsp3) is 0.304. The molecule has 0 radical (unpaired) electrons. The van der Waals surface area contributed by atoms with E-state index in [0.717, 1.165) is 11.1 Å².